The number of allylic oxidation sites excluding steroid dienone is 2. The molecule has 164 valence electrons. The van der Waals surface area contributed by atoms with Crippen LogP contribution in [0.25, 0.3) is 0 Å². The minimum atomic E-state index is -4.87. The number of alkyl halides is 5. The van der Waals surface area contributed by atoms with Crippen molar-refractivity contribution in [1.29, 1.82) is 0 Å². The van der Waals surface area contributed by atoms with Gasteiger partial charge >= 0.3 is 19.4 Å². The van der Waals surface area contributed by atoms with Crippen molar-refractivity contribution in [3.63, 3.8) is 0 Å². The van der Waals surface area contributed by atoms with Crippen LogP contribution in [0, 0.1) is 18.3 Å². The van der Waals surface area contributed by atoms with Gasteiger partial charge in [-0.1, -0.05) is 12.8 Å². The molecule has 1 unspecified atom stereocenters. The first-order chi connectivity index (χ1) is 12.9. The average molecular weight is 452 g/mol. The van der Waals surface area contributed by atoms with E-state index in [1.54, 1.807) is 6.92 Å². The first kappa shape index (κ1) is 27.2. The Hall–Kier alpha value is -0.750. The molecule has 0 aliphatic rings. The van der Waals surface area contributed by atoms with Gasteiger partial charge in [-0.05, 0) is 26.7 Å². The molecule has 0 aliphatic heterocycles. The maximum Gasteiger partial charge on any atom is 0.400 e. The second-order valence-corrected chi connectivity index (χ2v) is 8.28. The van der Waals surface area contributed by atoms with Crippen molar-refractivity contribution in [3.8, 4) is 12.3 Å². The van der Waals surface area contributed by atoms with Gasteiger partial charge in [-0.2, -0.15) is 22.0 Å². The molecule has 0 saturated carbocycles. The molecule has 0 heterocycles. The third-order valence-electron chi connectivity index (χ3n) is 3.51. The first-order valence-electron chi connectivity index (χ1n) is 8.72. The molecule has 28 heavy (non-hydrogen) atoms. The number of thiol groups is 1. The molecule has 0 spiro atoms. The van der Waals surface area contributed by atoms with Crippen LogP contribution in [-0.4, -0.2) is 31.7 Å². The summed E-state index contributed by atoms with van der Waals surface area (Å²) >= 11 is 4.14. The summed E-state index contributed by atoms with van der Waals surface area (Å²) < 4.78 is 93.7. The van der Waals surface area contributed by atoms with Crippen molar-refractivity contribution in [2.24, 2.45) is 5.92 Å². The summed E-state index contributed by atoms with van der Waals surface area (Å²) in [5.74, 6) is -0.123. The topological polar surface area (TPSA) is 44.8 Å². The lowest BCUT2D eigenvalue weighted by molar-refractivity contribution is -0.137. The molecular formula is C17H26F5O4PS. The summed E-state index contributed by atoms with van der Waals surface area (Å²) in [4.78, 5) is 0.255. The molecule has 0 amide bonds. The van der Waals surface area contributed by atoms with Gasteiger partial charge in [0.2, 0.25) is 0 Å². The van der Waals surface area contributed by atoms with Crippen molar-refractivity contribution in [2.75, 3.05) is 19.8 Å². The Kier molecular flexibility index (Phi) is 11.7. The smallest absolute Gasteiger partial charge is 0.400 e. The number of terminal acetylenes is 1. The summed E-state index contributed by atoms with van der Waals surface area (Å²) in [7, 11) is -4.87. The second kappa shape index (κ2) is 12.1. The van der Waals surface area contributed by atoms with Crippen molar-refractivity contribution in [1.82, 2.24) is 0 Å². The van der Waals surface area contributed by atoms with E-state index >= 15 is 0 Å². The van der Waals surface area contributed by atoms with Crippen LogP contribution < -0.4 is 0 Å². The minimum absolute atomic E-state index is 0.0739. The molecule has 0 aromatic rings. The summed E-state index contributed by atoms with van der Waals surface area (Å²) in [6.07, 6.45) is -0.836. The molecule has 0 N–H and O–H groups in total. The lowest BCUT2D eigenvalue weighted by atomic mass is 10.0. The van der Waals surface area contributed by atoms with E-state index in [-0.39, 0.29) is 43.3 Å². The van der Waals surface area contributed by atoms with Crippen molar-refractivity contribution in [2.45, 2.75) is 58.3 Å². The van der Waals surface area contributed by atoms with E-state index in [1.807, 2.05) is 5.92 Å². The van der Waals surface area contributed by atoms with Gasteiger partial charge in [0.05, 0.1) is 19.8 Å². The third-order valence-corrected chi connectivity index (χ3v) is 6.31. The van der Waals surface area contributed by atoms with Crippen LogP contribution in [0.2, 0.25) is 0 Å². The Bertz CT molecular complexity index is 591. The van der Waals surface area contributed by atoms with E-state index in [4.69, 9.17) is 20.2 Å². The molecule has 0 aliphatic carbocycles. The molecule has 0 bridgehead atoms. The fourth-order valence-electron chi connectivity index (χ4n) is 2.13. The van der Waals surface area contributed by atoms with E-state index in [0.717, 1.165) is 0 Å². The molecule has 0 fully saturated rings. The van der Waals surface area contributed by atoms with Crippen LogP contribution in [-0.2, 0) is 18.3 Å². The van der Waals surface area contributed by atoms with Gasteiger partial charge in [-0.25, -0.2) is 0 Å². The van der Waals surface area contributed by atoms with Gasteiger partial charge in [-0.3, -0.25) is 4.57 Å². The zero-order chi connectivity index (χ0) is 22.0. The lowest BCUT2D eigenvalue weighted by Gasteiger charge is -2.30. The minimum Gasteiger partial charge on any atom is -0.497 e. The fourth-order valence-corrected chi connectivity index (χ4v) is 3.93. The Morgan fingerprint density at radius 3 is 2.07 bits per heavy atom. The molecule has 0 aromatic heterocycles. The maximum atomic E-state index is 14.9. The highest BCUT2D eigenvalue weighted by Gasteiger charge is 2.58. The first-order valence-corrected chi connectivity index (χ1v) is 10.7. The molecule has 0 saturated heterocycles. The van der Waals surface area contributed by atoms with E-state index in [2.05, 4.69) is 12.6 Å². The van der Waals surface area contributed by atoms with Crippen LogP contribution in [0.15, 0.2) is 10.7 Å². The van der Waals surface area contributed by atoms with E-state index in [0.29, 0.717) is 0 Å². The fraction of sp³-hybridized carbons (Fsp3) is 0.765. The van der Waals surface area contributed by atoms with Gasteiger partial charge in [0.15, 0.2) is 0 Å². The Balaban J connectivity index is 5.46. The van der Waals surface area contributed by atoms with E-state index < -0.39 is 38.2 Å². The molecular weight excluding hydrogens is 426 g/mol. The van der Waals surface area contributed by atoms with Gasteiger partial charge in [0.1, 0.15) is 11.7 Å². The van der Waals surface area contributed by atoms with Crippen molar-refractivity contribution in [3.05, 3.63) is 10.7 Å². The van der Waals surface area contributed by atoms with Gasteiger partial charge in [0.25, 0.3) is 0 Å². The summed E-state index contributed by atoms with van der Waals surface area (Å²) in [6.45, 7) is 3.50. The quantitative estimate of drug-likeness (QED) is 0.0878. The lowest BCUT2D eigenvalue weighted by Crippen LogP contribution is -2.30. The predicted octanol–water partition coefficient (Wildman–Crippen LogP) is 6.40. The summed E-state index contributed by atoms with van der Waals surface area (Å²) in [6, 6.07) is 0. The number of hydrogen-bond donors (Lipinski definition) is 1. The molecule has 4 nitrogen and oxygen atoms in total. The zero-order valence-corrected chi connectivity index (χ0v) is 17.8. The highest BCUT2D eigenvalue weighted by atomic mass is 32.1. The normalized spacial score (nSPS) is 15.0. The summed E-state index contributed by atoms with van der Waals surface area (Å²) in [5.41, 5.74) is -4.03. The van der Waals surface area contributed by atoms with Crippen molar-refractivity contribution < 1.29 is 40.3 Å². The highest BCUT2D eigenvalue weighted by Crippen LogP contribution is 2.65. The standard InChI is InChI=1S/C17H26F5O4PS/c1-5-13(17(21,22)27(23,25-7-3)26-8-4)12-14(15(28)6-2)24-11-9-10-16(18,19)20/h1,13,28H,6-12H2,2-4H3/b15-14-. The maximum absolute atomic E-state index is 14.9. The molecule has 0 rings (SSSR count). The van der Waals surface area contributed by atoms with Crippen LogP contribution >= 0.6 is 20.2 Å². The predicted molar refractivity (Wildman–Crippen MR) is 100 cm³/mol. The zero-order valence-electron chi connectivity index (χ0n) is 16.0. The Morgan fingerprint density at radius 2 is 1.68 bits per heavy atom. The number of hydrogen-bond acceptors (Lipinski definition) is 5. The SMILES string of the molecule is C#CC(C/C(OCCCC(F)(F)F)=C(/S)CC)C(F)(F)P(=O)(OCC)OCC. The number of rotatable bonds is 13. The number of ether oxygens (including phenoxy) is 1. The van der Waals surface area contributed by atoms with E-state index in [1.165, 1.54) is 13.8 Å². The Morgan fingerprint density at radius 1 is 1.14 bits per heavy atom. The third kappa shape index (κ3) is 8.32. The van der Waals surface area contributed by atoms with Gasteiger partial charge in [-0.15, -0.1) is 19.1 Å². The van der Waals surface area contributed by atoms with E-state index in [9.17, 15) is 26.5 Å². The van der Waals surface area contributed by atoms with Crippen LogP contribution in [0.5, 0.6) is 0 Å². The second-order valence-electron chi connectivity index (χ2n) is 5.63. The molecule has 0 aromatic carbocycles. The van der Waals surface area contributed by atoms with Crippen molar-refractivity contribution >= 4 is 20.2 Å². The van der Waals surface area contributed by atoms with Crippen LogP contribution in [0.3, 0.4) is 0 Å². The molecule has 1 atom stereocenters. The molecule has 0 radical (unpaired) electrons. The van der Waals surface area contributed by atoms with Crippen LogP contribution in [0.1, 0.15) is 46.5 Å². The van der Waals surface area contributed by atoms with Crippen LogP contribution in [0.4, 0.5) is 22.0 Å². The Labute approximate surface area is 168 Å². The molecule has 11 heteroatoms. The van der Waals surface area contributed by atoms with Gasteiger partial charge in [0, 0.05) is 17.7 Å². The average Bonchev–Trinajstić information content (AvgIpc) is 2.59. The van der Waals surface area contributed by atoms with Gasteiger partial charge < -0.3 is 13.8 Å². The largest absolute Gasteiger partial charge is 0.497 e. The monoisotopic (exact) mass is 452 g/mol. The number of halogens is 5. The summed E-state index contributed by atoms with van der Waals surface area (Å²) in [5, 5.41) is 0. The highest BCUT2D eigenvalue weighted by molar-refractivity contribution is 7.84.